The normalized spacial score (nSPS) is 10.2. The van der Waals surface area contributed by atoms with Crippen LogP contribution in [0.4, 0.5) is 5.82 Å². The average Bonchev–Trinajstić information content (AvgIpc) is 2.52. The van der Waals surface area contributed by atoms with Gasteiger partial charge < -0.3 is 15.5 Å². The van der Waals surface area contributed by atoms with E-state index in [1.54, 1.807) is 0 Å². The average molecular weight is 301 g/mol. The first-order chi connectivity index (χ1) is 10.6. The van der Waals surface area contributed by atoms with Crippen LogP contribution in [0.3, 0.4) is 0 Å². The van der Waals surface area contributed by atoms with E-state index in [4.69, 9.17) is 5.11 Å². The molecule has 0 fully saturated rings. The van der Waals surface area contributed by atoms with Crippen molar-refractivity contribution in [2.24, 2.45) is 0 Å². The zero-order valence-corrected chi connectivity index (χ0v) is 11.7. The molecule has 2 rings (SSSR count). The largest absolute Gasteiger partial charge is 0.481 e. The van der Waals surface area contributed by atoms with Crippen molar-refractivity contribution < 1.29 is 19.8 Å². The highest BCUT2D eigenvalue weighted by Gasteiger charge is 2.14. The van der Waals surface area contributed by atoms with E-state index in [1.165, 1.54) is 6.07 Å². The van der Waals surface area contributed by atoms with E-state index in [1.807, 2.05) is 30.3 Å². The minimum absolute atomic E-state index is 0.00387. The fourth-order valence-electron chi connectivity index (χ4n) is 1.88. The van der Waals surface area contributed by atoms with Crippen LogP contribution in [0.5, 0.6) is 0 Å². The molecule has 0 spiro atoms. The molecule has 7 nitrogen and oxygen atoms in total. The Kier molecular flexibility index (Phi) is 5.02. The lowest BCUT2D eigenvalue weighted by atomic mass is 10.1. The number of carboxylic acid groups (broad SMARTS) is 2. The first-order valence-electron chi connectivity index (χ1n) is 6.70. The Balaban J connectivity index is 2.17. The Hall–Kier alpha value is -2.96. The van der Waals surface area contributed by atoms with Gasteiger partial charge in [-0.2, -0.15) is 0 Å². The van der Waals surface area contributed by atoms with Crippen molar-refractivity contribution in [3.05, 3.63) is 42.0 Å². The molecular formula is C15H15N3O4. The van der Waals surface area contributed by atoms with Gasteiger partial charge in [-0.15, -0.1) is 10.2 Å². The van der Waals surface area contributed by atoms with Gasteiger partial charge in [-0.05, 0) is 12.5 Å². The van der Waals surface area contributed by atoms with Crippen LogP contribution in [0.25, 0.3) is 11.3 Å². The van der Waals surface area contributed by atoms with E-state index in [0.717, 1.165) is 5.56 Å². The van der Waals surface area contributed by atoms with Gasteiger partial charge in [0.25, 0.3) is 0 Å². The van der Waals surface area contributed by atoms with Gasteiger partial charge in [0.05, 0.1) is 5.69 Å². The molecule has 0 saturated heterocycles. The molecule has 0 amide bonds. The summed E-state index contributed by atoms with van der Waals surface area (Å²) in [5, 5.41) is 28.6. The summed E-state index contributed by atoms with van der Waals surface area (Å²) in [5.74, 6) is -1.88. The molecule has 22 heavy (non-hydrogen) atoms. The minimum atomic E-state index is -1.12. The van der Waals surface area contributed by atoms with Crippen LogP contribution in [0.2, 0.25) is 0 Å². The van der Waals surface area contributed by atoms with Crippen LogP contribution in [-0.2, 0) is 4.79 Å². The third-order valence-corrected chi connectivity index (χ3v) is 2.95. The van der Waals surface area contributed by atoms with E-state index >= 15 is 0 Å². The molecule has 0 radical (unpaired) electrons. The Bertz CT molecular complexity index is 674. The summed E-state index contributed by atoms with van der Waals surface area (Å²) in [7, 11) is 0. The molecule has 0 atom stereocenters. The number of nitrogens with zero attached hydrogens (tertiary/aromatic N) is 2. The van der Waals surface area contributed by atoms with Crippen LogP contribution in [0.1, 0.15) is 23.2 Å². The highest BCUT2D eigenvalue weighted by Crippen LogP contribution is 2.20. The molecule has 1 heterocycles. The summed E-state index contributed by atoms with van der Waals surface area (Å²) >= 11 is 0. The summed E-state index contributed by atoms with van der Waals surface area (Å²) in [6.07, 6.45) is 0.376. The summed E-state index contributed by atoms with van der Waals surface area (Å²) in [6.45, 7) is 0.311. The number of hydrogen-bond acceptors (Lipinski definition) is 5. The predicted octanol–water partition coefficient (Wildman–Crippen LogP) is 2.12. The Morgan fingerprint density at radius 2 is 1.82 bits per heavy atom. The summed E-state index contributed by atoms with van der Waals surface area (Å²) in [5.41, 5.74) is 1.24. The van der Waals surface area contributed by atoms with Gasteiger partial charge in [0.15, 0.2) is 5.82 Å². The Morgan fingerprint density at radius 3 is 2.45 bits per heavy atom. The molecule has 0 aliphatic heterocycles. The lowest BCUT2D eigenvalue weighted by Crippen LogP contribution is -2.12. The monoisotopic (exact) mass is 301 g/mol. The molecule has 3 N–H and O–H groups in total. The molecule has 2 aromatic rings. The Morgan fingerprint density at radius 1 is 1.09 bits per heavy atom. The number of hydrogen-bond donors (Lipinski definition) is 3. The first-order valence-corrected chi connectivity index (χ1v) is 6.70. The zero-order chi connectivity index (χ0) is 15.9. The van der Waals surface area contributed by atoms with Gasteiger partial charge in [-0.1, -0.05) is 30.3 Å². The third kappa shape index (κ3) is 4.02. The maximum absolute atomic E-state index is 11.3. The van der Waals surface area contributed by atoms with Crippen LogP contribution >= 0.6 is 0 Å². The molecule has 0 saturated carbocycles. The molecule has 7 heteroatoms. The summed E-state index contributed by atoms with van der Waals surface area (Å²) in [4.78, 5) is 21.8. The molecule has 1 aromatic carbocycles. The second-order valence-corrected chi connectivity index (χ2v) is 4.59. The maximum atomic E-state index is 11.3. The summed E-state index contributed by atoms with van der Waals surface area (Å²) < 4.78 is 0. The predicted molar refractivity (Wildman–Crippen MR) is 79.8 cm³/mol. The van der Waals surface area contributed by atoms with Gasteiger partial charge in [-0.3, -0.25) is 4.79 Å². The first kappa shape index (κ1) is 15.4. The number of benzene rings is 1. The van der Waals surface area contributed by atoms with Crippen LogP contribution in [0, 0.1) is 0 Å². The van der Waals surface area contributed by atoms with E-state index < -0.39 is 11.9 Å². The highest BCUT2D eigenvalue weighted by molar-refractivity contribution is 5.94. The number of carbonyl (C=O) groups is 2. The van der Waals surface area contributed by atoms with Crippen LogP contribution in [-0.4, -0.2) is 38.9 Å². The van der Waals surface area contributed by atoms with Gasteiger partial charge in [0.2, 0.25) is 0 Å². The number of nitrogens with one attached hydrogen (secondary N) is 1. The second-order valence-electron chi connectivity index (χ2n) is 4.59. The number of aliphatic carboxylic acids is 1. The number of aromatic nitrogens is 2. The molecule has 1 aromatic heterocycles. The maximum Gasteiger partial charge on any atom is 0.339 e. The van der Waals surface area contributed by atoms with E-state index in [0.29, 0.717) is 18.7 Å². The van der Waals surface area contributed by atoms with Crippen molar-refractivity contribution in [3.8, 4) is 11.3 Å². The highest BCUT2D eigenvalue weighted by atomic mass is 16.4. The van der Waals surface area contributed by atoms with Crippen LogP contribution in [0.15, 0.2) is 36.4 Å². The molecule has 0 aliphatic rings. The lowest BCUT2D eigenvalue weighted by Gasteiger charge is -2.09. The third-order valence-electron chi connectivity index (χ3n) is 2.95. The summed E-state index contributed by atoms with van der Waals surface area (Å²) in [6, 6.07) is 10.6. The Labute approximate surface area is 126 Å². The van der Waals surface area contributed by atoms with Gasteiger partial charge in [0.1, 0.15) is 5.56 Å². The van der Waals surface area contributed by atoms with Crippen molar-refractivity contribution >= 4 is 17.8 Å². The number of rotatable bonds is 7. The fraction of sp³-hybridized carbons (Fsp3) is 0.200. The van der Waals surface area contributed by atoms with Crippen molar-refractivity contribution in [3.63, 3.8) is 0 Å². The molecule has 0 unspecified atom stereocenters. The van der Waals surface area contributed by atoms with Gasteiger partial charge in [-0.25, -0.2) is 4.79 Å². The SMILES string of the molecule is O=C(O)CCCNc1nnc(-c2ccccc2)cc1C(=O)O. The van der Waals surface area contributed by atoms with Crippen molar-refractivity contribution in [2.75, 3.05) is 11.9 Å². The fourth-order valence-corrected chi connectivity index (χ4v) is 1.88. The lowest BCUT2D eigenvalue weighted by molar-refractivity contribution is -0.137. The minimum Gasteiger partial charge on any atom is -0.481 e. The van der Waals surface area contributed by atoms with Crippen LogP contribution < -0.4 is 5.32 Å². The van der Waals surface area contributed by atoms with Crippen molar-refractivity contribution in [1.82, 2.24) is 10.2 Å². The van der Waals surface area contributed by atoms with Crippen molar-refractivity contribution in [2.45, 2.75) is 12.8 Å². The topological polar surface area (TPSA) is 112 Å². The molecule has 114 valence electrons. The van der Waals surface area contributed by atoms with Crippen molar-refractivity contribution in [1.29, 1.82) is 0 Å². The smallest absolute Gasteiger partial charge is 0.339 e. The number of anilines is 1. The zero-order valence-electron chi connectivity index (χ0n) is 11.7. The van der Waals surface area contributed by atoms with E-state index in [-0.39, 0.29) is 17.8 Å². The molecule has 0 bridgehead atoms. The van der Waals surface area contributed by atoms with Gasteiger partial charge in [0, 0.05) is 18.5 Å². The van der Waals surface area contributed by atoms with E-state index in [2.05, 4.69) is 15.5 Å². The second kappa shape index (κ2) is 7.16. The van der Waals surface area contributed by atoms with E-state index in [9.17, 15) is 14.7 Å². The quantitative estimate of drug-likeness (QED) is 0.671. The standard InChI is InChI=1S/C15H15N3O4/c19-13(20)7-4-8-16-14-11(15(21)22)9-12(17-18-14)10-5-2-1-3-6-10/h1-3,5-6,9H,4,7-8H2,(H,16,18)(H,19,20)(H,21,22). The molecule has 0 aliphatic carbocycles. The number of carboxylic acids is 2. The van der Waals surface area contributed by atoms with Gasteiger partial charge >= 0.3 is 11.9 Å². The number of aromatic carboxylic acids is 1. The molecular weight excluding hydrogens is 286 g/mol.